The van der Waals surface area contributed by atoms with E-state index in [4.69, 9.17) is 4.74 Å². The molecule has 162 valence electrons. The van der Waals surface area contributed by atoms with Crippen molar-refractivity contribution in [2.45, 2.75) is 26.8 Å². The smallest absolute Gasteiger partial charge is 0.328 e. The molecule has 0 saturated heterocycles. The van der Waals surface area contributed by atoms with Gasteiger partial charge >= 0.3 is 5.97 Å². The van der Waals surface area contributed by atoms with Crippen LogP contribution in [0.3, 0.4) is 0 Å². The summed E-state index contributed by atoms with van der Waals surface area (Å²) in [6.07, 6.45) is 2.95. The minimum atomic E-state index is -0.908. The Morgan fingerprint density at radius 1 is 0.935 bits per heavy atom. The highest BCUT2D eigenvalue weighted by atomic mass is 16.5. The summed E-state index contributed by atoms with van der Waals surface area (Å²) in [5.41, 5.74) is 1.78. The lowest BCUT2D eigenvalue weighted by Gasteiger charge is -2.12. The molecule has 0 saturated carbocycles. The third-order valence-corrected chi connectivity index (χ3v) is 4.28. The van der Waals surface area contributed by atoms with Crippen LogP contribution >= 0.6 is 0 Å². The van der Waals surface area contributed by atoms with Gasteiger partial charge in [0.05, 0.1) is 0 Å². The van der Waals surface area contributed by atoms with Gasteiger partial charge in [0.2, 0.25) is 11.8 Å². The molecule has 0 heterocycles. The zero-order valence-corrected chi connectivity index (χ0v) is 17.8. The molecule has 2 amide bonds. The lowest BCUT2D eigenvalue weighted by molar-refractivity contribution is -0.145. The van der Waals surface area contributed by atoms with E-state index in [9.17, 15) is 19.2 Å². The summed E-state index contributed by atoms with van der Waals surface area (Å²) in [7, 11) is 0. The molecule has 0 aliphatic carbocycles. The third-order valence-electron chi connectivity index (χ3n) is 4.28. The highest BCUT2D eigenvalue weighted by molar-refractivity contribution is 5.99. The van der Waals surface area contributed by atoms with Crippen LogP contribution in [-0.4, -0.2) is 36.2 Å². The van der Waals surface area contributed by atoms with Gasteiger partial charge in [-0.15, -0.1) is 0 Å². The van der Waals surface area contributed by atoms with Crippen LogP contribution in [0.2, 0.25) is 0 Å². The van der Waals surface area contributed by atoms with Crippen molar-refractivity contribution >= 4 is 35.3 Å². The highest BCUT2D eigenvalue weighted by Crippen LogP contribution is 2.12. The van der Waals surface area contributed by atoms with E-state index in [1.165, 1.54) is 13.0 Å². The van der Waals surface area contributed by atoms with E-state index in [0.29, 0.717) is 11.3 Å². The van der Waals surface area contributed by atoms with Gasteiger partial charge in [0.25, 0.3) is 0 Å². The number of ketones is 1. The van der Waals surface area contributed by atoms with E-state index in [0.717, 1.165) is 5.56 Å². The fourth-order valence-corrected chi connectivity index (χ4v) is 2.43. The molecule has 0 fully saturated rings. The van der Waals surface area contributed by atoms with Crippen LogP contribution < -0.4 is 10.6 Å². The van der Waals surface area contributed by atoms with Gasteiger partial charge in [-0.25, -0.2) is 4.79 Å². The van der Waals surface area contributed by atoms with Gasteiger partial charge in [0, 0.05) is 23.2 Å². The second kappa shape index (κ2) is 11.4. The predicted octanol–water partition coefficient (Wildman–Crippen LogP) is 3.23. The number of amides is 2. The Hall–Kier alpha value is -3.74. The van der Waals surface area contributed by atoms with Crippen LogP contribution in [0.15, 0.2) is 60.7 Å². The van der Waals surface area contributed by atoms with E-state index in [2.05, 4.69) is 10.6 Å². The van der Waals surface area contributed by atoms with Crippen molar-refractivity contribution in [1.82, 2.24) is 5.32 Å². The number of anilines is 1. The van der Waals surface area contributed by atoms with Crippen LogP contribution in [0, 0.1) is 5.92 Å². The Kier molecular flexibility index (Phi) is 8.69. The topological polar surface area (TPSA) is 102 Å². The van der Waals surface area contributed by atoms with Crippen molar-refractivity contribution in [1.29, 1.82) is 0 Å². The van der Waals surface area contributed by atoms with Crippen molar-refractivity contribution in [3.05, 3.63) is 71.8 Å². The second-order valence-corrected chi connectivity index (χ2v) is 7.23. The molecule has 31 heavy (non-hydrogen) atoms. The molecule has 7 nitrogen and oxygen atoms in total. The zero-order valence-electron chi connectivity index (χ0n) is 17.8. The normalized spacial score (nSPS) is 11.7. The van der Waals surface area contributed by atoms with Crippen LogP contribution in [0.25, 0.3) is 6.08 Å². The first-order valence-corrected chi connectivity index (χ1v) is 9.90. The van der Waals surface area contributed by atoms with Crippen molar-refractivity contribution in [2.24, 2.45) is 5.92 Å². The van der Waals surface area contributed by atoms with Crippen molar-refractivity contribution in [2.75, 3.05) is 11.9 Å². The molecule has 2 N–H and O–H groups in total. The fourth-order valence-electron chi connectivity index (χ4n) is 2.43. The Bertz CT molecular complexity index is 950. The number of nitrogens with one attached hydrogen (secondary N) is 2. The number of carbonyl (C=O) groups is 4. The lowest BCUT2D eigenvalue weighted by Crippen LogP contribution is -2.39. The first-order chi connectivity index (χ1) is 14.8. The van der Waals surface area contributed by atoms with Crippen LogP contribution in [0.5, 0.6) is 0 Å². The Morgan fingerprint density at radius 3 is 2.19 bits per heavy atom. The highest BCUT2D eigenvalue weighted by Gasteiger charge is 2.18. The predicted molar refractivity (Wildman–Crippen MR) is 118 cm³/mol. The minimum absolute atomic E-state index is 0.123. The van der Waals surface area contributed by atoms with Gasteiger partial charge in [0.1, 0.15) is 6.04 Å². The van der Waals surface area contributed by atoms with Crippen molar-refractivity contribution in [3.8, 4) is 0 Å². The maximum Gasteiger partial charge on any atom is 0.328 e. The average Bonchev–Trinajstić information content (AvgIpc) is 2.76. The van der Waals surface area contributed by atoms with Gasteiger partial charge in [0.15, 0.2) is 12.4 Å². The van der Waals surface area contributed by atoms with Gasteiger partial charge in [-0.1, -0.05) is 44.2 Å². The summed E-state index contributed by atoms with van der Waals surface area (Å²) in [6, 6.07) is 14.7. The molecule has 2 aromatic rings. The fraction of sp³-hybridized carbons (Fsp3) is 0.250. The Balaban J connectivity index is 1.80. The molecule has 0 spiro atoms. The maximum absolute atomic E-state index is 12.2. The zero-order chi connectivity index (χ0) is 22.8. The van der Waals surface area contributed by atoms with Crippen LogP contribution in [-0.2, 0) is 19.1 Å². The standard InChI is InChI=1S/C24H26N2O5/c1-16(2)23(29)26-20-12-10-19(11-13-20)21(27)15-31-24(30)17(3)25-22(28)14-9-18-7-5-4-6-8-18/h4-14,16-17H,15H2,1-3H3,(H,25,28)(H,26,29)/b14-9+/t17-/m0/s1. The number of benzene rings is 2. The number of hydrogen-bond acceptors (Lipinski definition) is 5. The van der Waals surface area contributed by atoms with Crippen molar-refractivity contribution < 1.29 is 23.9 Å². The summed E-state index contributed by atoms with van der Waals surface area (Å²) in [5, 5.41) is 5.23. The van der Waals surface area contributed by atoms with Gasteiger partial charge < -0.3 is 15.4 Å². The number of carbonyl (C=O) groups excluding carboxylic acids is 4. The van der Waals surface area contributed by atoms with Crippen LogP contribution in [0.1, 0.15) is 36.7 Å². The second-order valence-electron chi connectivity index (χ2n) is 7.23. The van der Waals surface area contributed by atoms with Gasteiger partial charge in [-0.3, -0.25) is 14.4 Å². The first kappa shape index (κ1) is 23.5. The summed E-state index contributed by atoms with van der Waals surface area (Å²) >= 11 is 0. The van der Waals surface area contributed by atoms with E-state index in [1.807, 2.05) is 30.3 Å². The molecule has 2 rings (SSSR count). The van der Waals surface area contributed by atoms with Crippen LogP contribution in [0.4, 0.5) is 5.69 Å². The number of hydrogen-bond donors (Lipinski definition) is 2. The molecule has 0 unspecified atom stereocenters. The van der Waals surface area contributed by atoms with E-state index in [1.54, 1.807) is 44.2 Å². The largest absolute Gasteiger partial charge is 0.456 e. The quantitative estimate of drug-likeness (QED) is 0.367. The number of ether oxygens (including phenoxy) is 1. The summed E-state index contributed by atoms with van der Waals surface area (Å²) < 4.78 is 5.01. The van der Waals surface area contributed by atoms with Crippen molar-refractivity contribution in [3.63, 3.8) is 0 Å². The Labute approximate surface area is 181 Å². The van der Waals surface area contributed by atoms with E-state index in [-0.39, 0.29) is 11.8 Å². The Morgan fingerprint density at radius 2 is 1.58 bits per heavy atom. The number of rotatable bonds is 9. The molecule has 0 aromatic heterocycles. The third kappa shape index (κ3) is 7.89. The monoisotopic (exact) mass is 422 g/mol. The molecule has 0 aliphatic rings. The summed E-state index contributed by atoms with van der Waals surface area (Å²) in [5.74, 6) is -1.83. The summed E-state index contributed by atoms with van der Waals surface area (Å²) in [4.78, 5) is 47.9. The molecule has 7 heteroatoms. The molecule has 0 radical (unpaired) electrons. The lowest BCUT2D eigenvalue weighted by atomic mass is 10.1. The van der Waals surface area contributed by atoms with Gasteiger partial charge in [-0.05, 0) is 42.8 Å². The molecule has 1 atom stereocenters. The molecular weight excluding hydrogens is 396 g/mol. The average molecular weight is 422 g/mol. The number of Topliss-reactive ketones (excluding diaryl/α,β-unsaturated/α-hetero) is 1. The van der Waals surface area contributed by atoms with E-state index < -0.39 is 30.3 Å². The molecule has 0 aliphatic heterocycles. The molecule has 2 aromatic carbocycles. The maximum atomic E-state index is 12.2. The molecule has 0 bridgehead atoms. The minimum Gasteiger partial charge on any atom is -0.456 e. The van der Waals surface area contributed by atoms with E-state index >= 15 is 0 Å². The first-order valence-electron chi connectivity index (χ1n) is 9.90. The SMILES string of the molecule is CC(C)C(=O)Nc1ccc(C(=O)COC(=O)[C@H](C)NC(=O)/C=C/c2ccccc2)cc1. The number of esters is 1. The molecular formula is C24H26N2O5. The van der Waals surface area contributed by atoms with Gasteiger partial charge in [-0.2, -0.15) is 0 Å². The summed E-state index contributed by atoms with van der Waals surface area (Å²) in [6.45, 7) is 4.60.